The van der Waals surface area contributed by atoms with Crippen molar-refractivity contribution in [2.75, 3.05) is 6.61 Å². The minimum Gasteiger partial charge on any atom is -0.463 e. The third-order valence-corrected chi connectivity index (χ3v) is 18.3. The minimum absolute atomic E-state index is 0.248. The van der Waals surface area contributed by atoms with Gasteiger partial charge in [0, 0.05) is 27.7 Å². The molecule has 1 aliphatic rings. The topological polar surface area (TPSA) is 124 Å². The SMILES string of the molecule is CCCCCCCCCCCCCC[Si](CCCCCCCCCCCCCC)(CCCCCCCCCCCCCC)O[C@@H]1O[C@H](COC(C)=O)[C@@H](OC(C)=O)[C@H](OC(C)=O)[C@H]1OC(C)=O. The number of esters is 4. The summed E-state index contributed by atoms with van der Waals surface area (Å²) in [6, 6.07) is 2.90. The predicted octanol–water partition coefficient (Wildman–Crippen LogP) is 16.1. The van der Waals surface area contributed by atoms with E-state index < -0.39 is 62.9 Å². The average molecular weight is 968 g/mol. The highest BCUT2D eigenvalue weighted by molar-refractivity contribution is 6.73. The molecule has 0 N–H and O–H groups in total. The van der Waals surface area contributed by atoms with Gasteiger partial charge in [0.05, 0.1) is 0 Å². The first-order valence-electron chi connectivity index (χ1n) is 28.5. The molecular weight excluding hydrogens is 861 g/mol. The molecule has 0 amide bonds. The number of ether oxygens (including phenoxy) is 5. The lowest BCUT2D eigenvalue weighted by molar-refractivity contribution is -0.291. The van der Waals surface area contributed by atoms with Crippen molar-refractivity contribution in [2.24, 2.45) is 0 Å². The van der Waals surface area contributed by atoms with Gasteiger partial charge in [-0.25, -0.2) is 0 Å². The summed E-state index contributed by atoms with van der Waals surface area (Å²) in [5.74, 6) is -2.37. The molecule has 1 saturated heterocycles. The van der Waals surface area contributed by atoms with E-state index in [1.807, 2.05) is 0 Å². The molecule has 10 nitrogen and oxygen atoms in total. The van der Waals surface area contributed by atoms with Gasteiger partial charge in [0.25, 0.3) is 0 Å². The number of carbonyl (C=O) groups excluding carboxylic acids is 4. The van der Waals surface area contributed by atoms with Gasteiger partial charge >= 0.3 is 23.9 Å². The van der Waals surface area contributed by atoms with Crippen molar-refractivity contribution < 1.29 is 47.3 Å². The molecule has 0 aliphatic carbocycles. The molecule has 11 heteroatoms. The molecule has 0 aromatic carbocycles. The second-order valence-corrected chi connectivity index (χ2v) is 24.4. The molecule has 0 unspecified atom stereocenters. The van der Waals surface area contributed by atoms with Crippen LogP contribution in [0.3, 0.4) is 0 Å². The Kier molecular flexibility index (Phi) is 40.3. The van der Waals surface area contributed by atoms with Crippen molar-refractivity contribution in [3.05, 3.63) is 0 Å². The average Bonchev–Trinajstić information content (AvgIpc) is 3.28. The van der Waals surface area contributed by atoms with Crippen LogP contribution >= 0.6 is 0 Å². The highest BCUT2D eigenvalue weighted by Crippen LogP contribution is 2.38. The second kappa shape index (κ2) is 42.9. The Morgan fingerprint density at radius 2 is 0.627 bits per heavy atom. The first-order valence-corrected chi connectivity index (χ1v) is 31.0. The molecular formula is C56H106O10Si. The van der Waals surface area contributed by atoms with Gasteiger partial charge in [-0.2, -0.15) is 0 Å². The first kappa shape index (κ1) is 63.0. The smallest absolute Gasteiger partial charge is 0.303 e. The summed E-state index contributed by atoms with van der Waals surface area (Å²) in [5, 5.41) is 0. The van der Waals surface area contributed by atoms with E-state index in [1.165, 1.54) is 220 Å². The summed E-state index contributed by atoms with van der Waals surface area (Å²) in [4.78, 5) is 50.1. The van der Waals surface area contributed by atoms with Crippen LogP contribution in [0.5, 0.6) is 0 Å². The quantitative estimate of drug-likeness (QED) is 0.0252. The summed E-state index contributed by atoms with van der Waals surface area (Å²) in [6.07, 6.45) is 40.2. The van der Waals surface area contributed by atoms with Gasteiger partial charge in [-0.3, -0.25) is 19.2 Å². The highest BCUT2D eigenvalue weighted by atomic mass is 28.4. The first-order chi connectivity index (χ1) is 32.5. The summed E-state index contributed by atoms with van der Waals surface area (Å²) in [6.45, 7) is 11.7. The number of hydrogen-bond donors (Lipinski definition) is 0. The van der Waals surface area contributed by atoms with Crippen LogP contribution < -0.4 is 0 Å². The number of rotatable bonds is 46. The number of unbranched alkanes of at least 4 members (excludes halogenated alkanes) is 33. The maximum absolute atomic E-state index is 12.8. The van der Waals surface area contributed by atoms with E-state index in [0.29, 0.717) is 0 Å². The van der Waals surface area contributed by atoms with Crippen molar-refractivity contribution in [3.63, 3.8) is 0 Å². The predicted molar refractivity (Wildman–Crippen MR) is 276 cm³/mol. The molecule has 0 aromatic rings. The molecule has 1 aliphatic heterocycles. The van der Waals surface area contributed by atoms with E-state index in [0.717, 1.165) is 56.7 Å². The molecule has 0 radical (unpaired) electrons. The zero-order valence-corrected chi connectivity index (χ0v) is 45.8. The van der Waals surface area contributed by atoms with E-state index in [9.17, 15) is 19.2 Å². The standard InChI is InChI=1S/C56H106O10Si/c1-8-11-14-17-20-23-26-29-32-35-38-41-44-67(45-42-39-36-33-30-27-24-21-18-15-12-9-2,46-43-40-37-34-31-28-25-22-19-16-13-10-3)66-56-55(64-51(7)60)54(63-50(6)59)53(62-49(5)58)52(65-56)47-61-48(4)57/h52-56H,8-47H2,1-7H3/t52-,53-,54+,55-,56+/m1/s1. The van der Waals surface area contributed by atoms with E-state index in [2.05, 4.69) is 20.8 Å². The molecule has 0 bridgehead atoms. The Bertz CT molecular complexity index is 1150. The molecule has 394 valence electrons. The van der Waals surface area contributed by atoms with Crippen molar-refractivity contribution in [1.29, 1.82) is 0 Å². The fraction of sp³-hybridized carbons (Fsp3) is 0.929. The van der Waals surface area contributed by atoms with E-state index in [4.69, 9.17) is 28.1 Å². The molecule has 0 spiro atoms. The Morgan fingerprint density at radius 1 is 0.358 bits per heavy atom. The third kappa shape index (κ3) is 34.1. The normalized spacial score (nSPS) is 18.5. The number of hydrogen-bond acceptors (Lipinski definition) is 10. The van der Waals surface area contributed by atoms with Crippen LogP contribution in [0, 0.1) is 0 Å². The molecule has 0 aromatic heterocycles. The van der Waals surface area contributed by atoms with Crippen LogP contribution in [0.1, 0.15) is 280 Å². The van der Waals surface area contributed by atoms with Gasteiger partial charge in [0.15, 0.2) is 32.9 Å². The van der Waals surface area contributed by atoms with E-state index in [-0.39, 0.29) is 6.61 Å². The Balaban J connectivity index is 3.34. The molecule has 1 fully saturated rings. The van der Waals surface area contributed by atoms with Gasteiger partial charge in [-0.1, -0.05) is 252 Å². The van der Waals surface area contributed by atoms with E-state index >= 15 is 0 Å². The van der Waals surface area contributed by atoms with E-state index in [1.54, 1.807) is 0 Å². The highest BCUT2D eigenvalue weighted by Gasteiger charge is 2.54. The lowest BCUT2D eigenvalue weighted by Gasteiger charge is -2.47. The van der Waals surface area contributed by atoms with Gasteiger partial charge in [-0.15, -0.1) is 0 Å². The lowest BCUT2D eigenvalue weighted by Crippen LogP contribution is -2.64. The summed E-state index contributed by atoms with van der Waals surface area (Å²) in [7, 11) is -2.64. The van der Waals surface area contributed by atoms with Crippen LogP contribution in [0.2, 0.25) is 18.1 Å². The van der Waals surface area contributed by atoms with Crippen LogP contribution in [0.15, 0.2) is 0 Å². The summed E-state index contributed by atoms with van der Waals surface area (Å²) < 4.78 is 37.1. The zero-order valence-electron chi connectivity index (χ0n) is 44.8. The van der Waals surface area contributed by atoms with Crippen molar-refractivity contribution in [2.45, 2.75) is 328 Å². The summed E-state index contributed by atoms with van der Waals surface area (Å²) >= 11 is 0. The third-order valence-electron chi connectivity index (χ3n) is 13.8. The van der Waals surface area contributed by atoms with Crippen LogP contribution in [0.25, 0.3) is 0 Å². The Labute approximate surface area is 413 Å². The van der Waals surface area contributed by atoms with Crippen LogP contribution in [-0.4, -0.2) is 69.5 Å². The maximum atomic E-state index is 12.8. The Hall–Kier alpha value is -1.98. The molecule has 1 heterocycles. The molecule has 1 rings (SSSR count). The largest absolute Gasteiger partial charge is 0.463 e. The minimum atomic E-state index is -2.64. The fourth-order valence-electron chi connectivity index (χ4n) is 9.95. The molecule has 5 atom stereocenters. The molecule has 67 heavy (non-hydrogen) atoms. The van der Waals surface area contributed by atoms with Crippen LogP contribution in [-0.2, 0) is 47.3 Å². The lowest BCUT2D eigenvalue weighted by atomic mass is 9.98. The van der Waals surface area contributed by atoms with Gasteiger partial charge in [0.1, 0.15) is 12.7 Å². The Morgan fingerprint density at radius 3 is 0.910 bits per heavy atom. The van der Waals surface area contributed by atoms with Crippen molar-refractivity contribution in [1.82, 2.24) is 0 Å². The summed E-state index contributed by atoms with van der Waals surface area (Å²) in [5.41, 5.74) is 0. The van der Waals surface area contributed by atoms with Gasteiger partial charge in [0.2, 0.25) is 0 Å². The second-order valence-electron chi connectivity index (χ2n) is 20.3. The number of carbonyl (C=O) groups is 4. The van der Waals surface area contributed by atoms with Gasteiger partial charge < -0.3 is 28.1 Å². The van der Waals surface area contributed by atoms with Crippen molar-refractivity contribution >= 4 is 32.2 Å². The zero-order chi connectivity index (χ0) is 49.2. The maximum Gasteiger partial charge on any atom is 0.303 e. The van der Waals surface area contributed by atoms with Gasteiger partial charge in [-0.05, 0) is 18.1 Å². The fourth-order valence-corrected chi connectivity index (χ4v) is 14.4. The molecule has 0 saturated carbocycles. The monoisotopic (exact) mass is 967 g/mol. The van der Waals surface area contributed by atoms with Crippen molar-refractivity contribution in [3.8, 4) is 0 Å². The van der Waals surface area contributed by atoms with Crippen LogP contribution in [0.4, 0.5) is 0 Å².